The molecule has 0 saturated carbocycles. The van der Waals surface area contributed by atoms with Crippen LogP contribution in [-0.4, -0.2) is 76.1 Å². The van der Waals surface area contributed by atoms with Gasteiger partial charge in [0.2, 0.25) is 0 Å². The summed E-state index contributed by atoms with van der Waals surface area (Å²) in [6, 6.07) is 5.64. The van der Waals surface area contributed by atoms with E-state index in [4.69, 9.17) is 4.74 Å². The second-order valence-electron chi connectivity index (χ2n) is 8.72. The second-order valence-corrected chi connectivity index (χ2v) is 8.72. The van der Waals surface area contributed by atoms with E-state index in [1.807, 2.05) is 13.0 Å². The lowest BCUT2D eigenvalue weighted by Gasteiger charge is -2.31. The van der Waals surface area contributed by atoms with Crippen LogP contribution in [-0.2, 0) is 11.2 Å². The van der Waals surface area contributed by atoms with E-state index in [2.05, 4.69) is 4.98 Å². The summed E-state index contributed by atoms with van der Waals surface area (Å²) in [5.41, 5.74) is 1.53. The molecule has 1 aliphatic heterocycles. The van der Waals surface area contributed by atoms with Crippen LogP contribution >= 0.6 is 0 Å². The standard InChI is InChI=1S/C25H26F2N4O4/c1-15-4-7-31-20(13-17-14-30(25(33)34)8-9-35-17)24(28-22(31)10-15)23-18(26)11-16(12-19(23)27)21(32)5-6-29(2)3/h4-7,10-12,17H,8-9,13-14H2,1-3H3,(H,33,34)/b6-5+/t17-/m0/s1. The van der Waals surface area contributed by atoms with Gasteiger partial charge in [-0.25, -0.2) is 18.6 Å². The van der Waals surface area contributed by atoms with Crippen LogP contribution in [0.3, 0.4) is 0 Å². The molecule has 0 bridgehead atoms. The third-order valence-electron chi connectivity index (χ3n) is 5.80. The number of morpholine rings is 1. The summed E-state index contributed by atoms with van der Waals surface area (Å²) >= 11 is 0. The number of carbonyl (C=O) groups is 2. The zero-order valence-corrected chi connectivity index (χ0v) is 19.7. The molecule has 1 aromatic carbocycles. The Hall–Kier alpha value is -3.79. The number of benzene rings is 1. The summed E-state index contributed by atoms with van der Waals surface area (Å²) in [5.74, 6) is -2.35. The Balaban J connectivity index is 1.77. The van der Waals surface area contributed by atoms with Gasteiger partial charge in [0.25, 0.3) is 0 Å². The molecular weight excluding hydrogens is 458 g/mol. The molecule has 1 N–H and O–H groups in total. The highest BCUT2D eigenvalue weighted by molar-refractivity contribution is 6.04. The molecule has 1 saturated heterocycles. The van der Waals surface area contributed by atoms with Crippen molar-refractivity contribution in [2.24, 2.45) is 0 Å². The number of rotatable bonds is 6. The van der Waals surface area contributed by atoms with Crippen molar-refractivity contribution >= 4 is 17.5 Å². The van der Waals surface area contributed by atoms with Crippen molar-refractivity contribution in [2.75, 3.05) is 33.8 Å². The summed E-state index contributed by atoms with van der Waals surface area (Å²) in [7, 11) is 3.46. The number of aromatic nitrogens is 2. The first-order valence-electron chi connectivity index (χ1n) is 11.1. The number of pyridine rings is 1. The van der Waals surface area contributed by atoms with Crippen LogP contribution in [0.15, 0.2) is 42.7 Å². The SMILES string of the molecule is Cc1ccn2c(C[C@H]3CN(C(=O)O)CCO3)c(-c3c(F)cc(C(=O)/C=C/N(C)C)cc3F)nc2c1. The summed E-state index contributed by atoms with van der Waals surface area (Å²) in [4.78, 5) is 31.2. The number of hydrogen-bond donors (Lipinski definition) is 1. The zero-order valence-electron chi connectivity index (χ0n) is 19.7. The van der Waals surface area contributed by atoms with Gasteiger partial charge in [0.1, 0.15) is 17.3 Å². The smallest absolute Gasteiger partial charge is 0.407 e. The van der Waals surface area contributed by atoms with Gasteiger partial charge < -0.3 is 24.0 Å². The number of hydrogen-bond acceptors (Lipinski definition) is 5. The van der Waals surface area contributed by atoms with E-state index in [-0.39, 0.29) is 42.9 Å². The average molecular weight is 485 g/mol. The van der Waals surface area contributed by atoms with Gasteiger partial charge in [-0.1, -0.05) is 0 Å². The highest BCUT2D eigenvalue weighted by Gasteiger charge is 2.28. The van der Waals surface area contributed by atoms with Crippen molar-refractivity contribution < 1.29 is 28.2 Å². The highest BCUT2D eigenvalue weighted by atomic mass is 19.1. The molecule has 35 heavy (non-hydrogen) atoms. The van der Waals surface area contributed by atoms with Gasteiger partial charge in [0, 0.05) is 51.1 Å². The van der Waals surface area contributed by atoms with Gasteiger partial charge in [0.05, 0.1) is 36.2 Å². The number of carbonyl (C=O) groups excluding carboxylic acids is 1. The first-order chi connectivity index (χ1) is 16.6. The van der Waals surface area contributed by atoms with Crippen LogP contribution in [0, 0.1) is 18.6 Å². The normalized spacial score (nSPS) is 16.3. The molecule has 0 unspecified atom stereocenters. The average Bonchev–Trinajstić information content (AvgIpc) is 3.13. The highest BCUT2D eigenvalue weighted by Crippen LogP contribution is 2.32. The van der Waals surface area contributed by atoms with Gasteiger partial charge in [-0.05, 0) is 36.8 Å². The number of ketones is 1. The van der Waals surface area contributed by atoms with Gasteiger partial charge in [-0.2, -0.15) is 0 Å². The minimum absolute atomic E-state index is 0.0875. The van der Waals surface area contributed by atoms with Crippen LogP contribution < -0.4 is 0 Å². The Morgan fingerprint density at radius 1 is 1.26 bits per heavy atom. The maximum absolute atomic E-state index is 15.3. The van der Waals surface area contributed by atoms with Crippen LogP contribution in [0.25, 0.3) is 16.9 Å². The van der Waals surface area contributed by atoms with Crippen LogP contribution in [0.4, 0.5) is 13.6 Å². The molecule has 1 fully saturated rings. The van der Waals surface area contributed by atoms with Crippen molar-refractivity contribution in [2.45, 2.75) is 19.4 Å². The van der Waals surface area contributed by atoms with Crippen LogP contribution in [0.2, 0.25) is 0 Å². The first-order valence-corrected chi connectivity index (χ1v) is 11.1. The maximum Gasteiger partial charge on any atom is 0.407 e. The molecule has 3 aromatic rings. The van der Waals surface area contributed by atoms with Crippen LogP contribution in [0.5, 0.6) is 0 Å². The lowest BCUT2D eigenvalue weighted by molar-refractivity contribution is -0.0214. The molecule has 0 aliphatic carbocycles. The van der Waals surface area contributed by atoms with Gasteiger partial charge in [-0.15, -0.1) is 0 Å². The molecule has 4 rings (SSSR count). The Morgan fingerprint density at radius 2 is 1.97 bits per heavy atom. The fourth-order valence-corrected chi connectivity index (χ4v) is 4.08. The first kappa shape index (κ1) is 24.3. The summed E-state index contributed by atoms with van der Waals surface area (Å²) in [6.45, 7) is 2.49. The van der Waals surface area contributed by atoms with E-state index in [9.17, 15) is 14.7 Å². The van der Waals surface area contributed by atoms with Crippen molar-refractivity contribution in [1.29, 1.82) is 0 Å². The summed E-state index contributed by atoms with van der Waals surface area (Å²) in [6.07, 6.45) is 3.12. The number of nitrogens with zero attached hydrogens (tertiary/aromatic N) is 4. The monoisotopic (exact) mass is 484 g/mol. The second kappa shape index (κ2) is 9.83. The zero-order chi connectivity index (χ0) is 25.3. The van der Waals surface area contributed by atoms with E-state index in [1.54, 1.807) is 35.7 Å². The minimum Gasteiger partial charge on any atom is -0.465 e. The number of halogens is 2. The fraction of sp³-hybridized carbons (Fsp3) is 0.320. The number of allylic oxidation sites excluding steroid dienone is 1. The van der Waals surface area contributed by atoms with E-state index < -0.39 is 29.6 Å². The van der Waals surface area contributed by atoms with Crippen molar-refractivity contribution in [3.63, 3.8) is 0 Å². The van der Waals surface area contributed by atoms with Crippen molar-refractivity contribution in [3.05, 3.63) is 71.2 Å². The number of amides is 1. The lowest BCUT2D eigenvalue weighted by atomic mass is 10.0. The molecule has 8 nitrogen and oxygen atoms in total. The molecule has 0 spiro atoms. The number of carboxylic acid groups (broad SMARTS) is 1. The summed E-state index contributed by atoms with van der Waals surface area (Å²) < 4.78 is 38.1. The number of imidazole rings is 1. The molecule has 1 aliphatic rings. The third-order valence-corrected chi connectivity index (χ3v) is 5.80. The molecule has 1 atom stereocenters. The topological polar surface area (TPSA) is 87.4 Å². The van der Waals surface area contributed by atoms with E-state index >= 15 is 8.78 Å². The summed E-state index contributed by atoms with van der Waals surface area (Å²) in [5, 5.41) is 9.35. The Labute approximate surface area is 201 Å². The van der Waals surface area contributed by atoms with E-state index in [0.29, 0.717) is 11.3 Å². The molecule has 184 valence electrons. The maximum atomic E-state index is 15.3. The Morgan fingerprint density at radius 3 is 2.63 bits per heavy atom. The molecule has 3 heterocycles. The number of aryl methyl sites for hydroxylation is 1. The van der Waals surface area contributed by atoms with Gasteiger partial charge >= 0.3 is 6.09 Å². The Kier molecular flexibility index (Phi) is 6.83. The fourth-order valence-electron chi connectivity index (χ4n) is 4.08. The molecule has 0 radical (unpaired) electrons. The molecular formula is C25H26F2N4O4. The molecule has 2 aromatic heterocycles. The molecule has 1 amide bonds. The van der Waals surface area contributed by atoms with Gasteiger partial charge in [0.15, 0.2) is 5.78 Å². The van der Waals surface area contributed by atoms with E-state index in [1.165, 1.54) is 17.2 Å². The number of fused-ring (bicyclic) bond motifs is 1. The quantitative estimate of drug-likeness (QED) is 0.424. The van der Waals surface area contributed by atoms with Crippen LogP contribution in [0.1, 0.15) is 21.6 Å². The van der Waals surface area contributed by atoms with Crippen molar-refractivity contribution in [3.8, 4) is 11.3 Å². The molecule has 10 heteroatoms. The third kappa shape index (κ3) is 5.17. The van der Waals surface area contributed by atoms with Crippen molar-refractivity contribution in [1.82, 2.24) is 19.2 Å². The lowest BCUT2D eigenvalue weighted by Crippen LogP contribution is -2.45. The largest absolute Gasteiger partial charge is 0.465 e. The predicted octanol–water partition coefficient (Wildman–Crippen LogP) is 3.77. The Bertz CT molecular complexity index is 1300. The minimum atomic E-state index is -1.05. The van der Waals surface area contributed by atoms with E-state index in [0.717, 1.165) is 17.7 Å². The predicted molar refractivity (Wildman–Crippen MR) is 125 cm³/mol. The number of ether oxygens (including phenoxy) is 1. The van der Waals surface area contributed by atoms with Gasteiger partial charge in [-0.3, -0.25) is 4.79 Å².